The molecule has 53 heavy (non-hydrogen) atoms. The number of amides is 2. The van der Waals surface area contributed by atoms with E-state index in [1.54, 1.807) is 0 Å². The summed E-state index contributed by atoms with van der Waals surface area (Å²) >= 11 is 0. The highest BCUT2D eigenvalue weighted by molar-refractivity contribution is 7.48. The van der Waals surface area contributed by atoms with Gasteiger partial charge in [-0.1, -0.05) is 119 Å². The maximum absolute atomic E-state index is 13.6. The Morgan fingerprint density at radius 1 is 0.736 bits per heavy atom. The topological polar surface area (TPSA) is 115 Å². The summed E-state index contributed by atoms with van der Waals surface area (Å²) in [6.45, 7) is 13.7. The fourth-order valence-electron chi connectivity index (χ4n) is 5.74. The zero-order valence-electron chi connectivity index (χ0n) is 31.7. The zero-order chi connectivity index (χ0) is 38.2. The number of nitrogens with one attached hydrogen (secondary N) is 2. The summed E-state index contributed by atoms with van der Waals surface area (Å²) in [4.78, 5) is 28.8. The number of rotatable bonds is 20. The minimum atomic E-state index is -4.12. The number of aryl methyl sites for hydroxylation is 1. The van der Waals surface area contributed by atoms with E-state index in [2.05, 4.69) is 43.2 Å². The van der Waals surface area contributed by atoms with Crippen LogP contribution < -0.4 is 15.5 Å². The molecular formula is C42H54N3O7P. The molecule has 0 aliphatic carbocycles. The predicted octanol–water partition coefficient (Wildman–Crippen LogP) is 10.7. The number of urea groups is 1. The second-order valence-electron chi connectivity index (χ2n) is 14.0. The number of ether oxygens (including phenoxy) is 1. The van der Waals surface area contributed by atoms with Gasteiger partial charge in [0.2, 0.25) is 6.79 Å². The lowest BCUT2D eigenvalue weighted by atomic mass is 9.92. The first-order chi connectivity index (χ1) is 25.4. The van der Waals surface area contributed by atoms with Crippen LogP contribution in [-0.4, -0.2) is 31.9 Å². The average molecular weight is 744 g/mol. The van der Waals surface area contributed by atoms with Crippen LogP contribution in [0.15, 0.2) is 103 Å². The van der Waals surface area contributed by atoms with Gasteiger partial charge in [-0.25, -0.2) is 13.9 Å². The van der Waals surface area contributed by atoms with Gasteiger partial charge in [0, 0.05) is 18.8 Å². The van der Waals surface area contributed by atoms with Crippen molar-refractivity contribution < 1.29 is 32.5 Å². The van der Waals surface area contributed by atoms with Crippen LogP contribution in [0.3, 0.4) is 0 Å². The molecule has 4 aromatic rings. The highest BCUT2D eigenvalue weighted by Crippen LogP contribution is 2.51. The van der Waals surface area contributed by atoms with Crippen molar-refractivity contribution in [3.63, 3.8) is 0 Å². The first kappa shape index (κ1) is 41.3. The van der Waals surface area contributed by atoms with Crippen molar-refractivity contribution in [1.82, 2.24) is 0 Å². The molecule has 4 rings (SSSR count). The Balaban J connectivity index is 1.46. The molecule has 0 heterocycles. The standard InChI is InChI=1S/C42H54N3O7P/c1-7-36(25-41(46)49-30-52-53(48,50-28-34-14-10-8-11-15-34)51-29-35-16-12-9-13-17-35)37-20-23-40(45(26-31(2)3)27-32(4)5)39(24-37)44-42(47)43-38-21-18-33(6)19-22-38/h8-24,31-32,36H,7,25-30H2,1-6H3,(H2,43,44,47). The largest absolute Gasteiger partial charge is 0.478 e. The molecule has 0 bridgehead atoms. The quantitative estimate of drug-likeness (QED) is 0.0522. The first-order valence-corrected chi connectivity index (χ1v) is 19.7. The van der Waals surface area contributed by atoms with Crippen LogP contribution in [-0.2, 0) is 40.9 Å². The molecule has 0 saturated carbocycles. The van der Waals surface area contributed by atoms with E-state index in [-0.39, 0.29) is 31.6 Å². The van der Waals surface area contributed by atoms with Crippen LogP contribution in [0.4, 0.5) is 21.9 Å². The van der Waals surface area contributed by atoms with Crippen LogP contribution in [0, 0.1) is 18.8 Å². The number of hydrogen-bond donors (Lipinski definition) is 2. The van der Waals surface area contributed by atoms with Crippen molar-refractivity contribution in [2.45, 2.75) is 73.5 Å². The van der Waals surface area contributed by atoms with Gasteiger partial charge in [0.25, 0.3) is 0 Å². The SMILES string of the molecule is CCC(CC(=O)OCOP(=O)(OCc1ccccc1)OCc1ccccc1)c1ccc(N(CC(C)C)CC(C)C)c(NC(=O)Nc2ccc(C)cc2)c1. The van der Waals surface area contributed by atoms with E-state index in [4.69, 9.17) is 18.3 Å². The predicted molar refractivity (Wildman–Crippen MR) is 212 cm³/mol. The summed E-state index contributed by atoms with van der Waals surface area (Å²) < 4.78 is 35.8. The molecule has 0 saturated heterocycles. The van der Waals surface area contributed by atoms with Gasteiger partial charge in [0.15, 0.2) is 0 Å². The van der Waals surface area contributed by atoms with Gasteiger partial charge in [-0.3, -0.25) is 13.8 Å². The van der Waals surface area contributed by atoms with Crippen LogP contribution in [0.25, 0.3) is 0 Å². The minimum absolute atomic E-state index is 0.0140. The Morgan fingerprint density at radius 3 is 1.83 bits per heavy atom. The van der Waals surface area contributed by atoms with Gasteiger partial charge < -0.3 is 20.3 Å². The fourth-order valence-corrected chi connectivity index (χ4v) is 6.76. The van der Waals surface area contributed by atoms with E-state index in [9.17, 15) is 14.2 Å². The van der Waals surface area contributed by atoms with Gasteiger partial charge in [-0.15, -0.1) is 0 Å². The van der Waals surface area contributed by atoms with Gasteiger partial charge in [0.1, 0.15) is 0 Å². The van der Waals surface area contributed by atoms with Crippen LogP contribution in [0.1, 0.15) is 75.6 Å². The number of nitrogens with zero attached hydrogens (tertiary/aromatic N) is 1. The third-order valence-corrected chi connectivity index (χ3v) is 9.67. The molecule has 2 N–H and O–H groups in total. The molecular weight excluding hydrogens is 689 g/mol. The maximum atomic E-state index is 13.6. The maximum Gasteiger partial charge on any atom is 0.478 e. The number of phosphoric ester groups is 1. The van der Waals surface area contributed by atoms with Crippen LogP contribution in [0.2, 0.25) is 0 Å². The molecule has 0 aromatic heterocycles. The lowest BCUT2D eigenvalue weighted by Gasteiger charge is -2.31. The number of anilines is 3. The Kier molecular flexibility index (Phi) is 16.1. The average Bonchev–Trinajstić information content (AvgIpc) is 3.13. The van der Waals surface area contributed by atoms with Crippen molar-refractivity contribution in [2.24, 2.45) is 11.8 Å². The number of carbonyl (C=O) groups excluding carboxylic acids is 2. The first-order valence-electron chi connectivity index (χ1n) is 18.2. The Labute approximate surface area is 314 Å². The van der Waals surface area contributed by atoms with Crippen LogP contribution in [0.5, 0.6) is 0 Å². The molecule has 2 amide bonds. The minimum Gasteiger partial charge on any atom is -0.438 e. The number of esters is 1. The fraction of sp³-hybridized carbons (Fsp3) is 0.381. The lowest BCUT2D eigenvalue weighted by molar-refractivity contribution is -0.151. The Bertz CT molecular complexity index is 1710. The molecule has 4 aromatic carbocycles. The number of hydrogen-bond acceptors (Lipinski definition) is 8. The molecule has 10 nitrogen and oxygen atoms in total. The van der Waals surface area contributed by atoms with Gasteiger partial charge >= 0.3 is 19.8 Å². The highest BCUT2D eigenvalue weighted by atomic mass is 31.2. The summed E-state index contributed by atoms with van der Waals surface area (Å²) in [5.74, 6) is 0.0273. The second kappa shape index (κ2) is 20.7. The summed E-state index contributed by atoms with van der Waals surface area (Å²) in [7, 11) is -4.12. The third-order valence-electron chi connectivity index (χ3n) is 8.36. The normalized spacial score (nSPS) is 12.1. The van der Waals surface area contributed by atoms with Crippen molar-refractivity contribution in [2.75, 3.05) is 35.4 Å². The third kappa shape index (κ3) is 14.1. The lowest BCUT2D eigenvalue weighted by Crippen LogP contribution is -2.32. The molecule has 1 atom stereocenters. The van der Waals surface area contributed by atoms with Gasteiger partial charge in [0.05, 0.1) is 31.0 Å². The summed E-state index contributed by atoms with van der Waals surface area (Å²) in [6.07, 6.45) is 0.667. The molecule has 0 aliphatic rings. The van der Waals surface area contributed by atoms with E-state index in [0.717, 1.165) is 41.0 Å². The van der Waals surface area contributed by atoms with Gasteiger partial charge in [-0.05, 0) is 72.1 Å². The molecule has 0 spiro atoms. The van der Waals surface area contributed by atoms with Crippen LogP contribution >= 0.6 is 7.82 Å². The number of carbonyl (C=O) groups is 2. The van der Waals surface area contributed by atoms with E-state index >= 15 is 0 Å². The monoisotopic (exact) mass is 743 g/mol. The van der Waals surface area contributed by atoms with E-state index in [0.29, 0.717) is 29.6 Å². The Morgan fingerprint density at radius 2 is 1.30 bits per heavy atom. The number of phosphoric acid groups is 1. The van der Waals surface area contributed by atoms with Gasteiger partial charge in [-0.2, -0.15) is 0 Å². The van der Waals surface area contributed by atoms with Crippen molar-refractivity contribution in [3.05, 3.63) is 125 Å². The molecule has 11 heteroatoms. The van der Waals surface area contributed by atoms with E-state index in [1.807, 2.05) is 117 Å². The van der Waals surface area contributed by atoms with Crippen molar-refractivity contribution in [3.8, 4) is 0 Å². The van der Waals surface area contributed by atoms with E-state index < -0.39 is 20.6 Å². The highest BCUT2D eigenvalue weighted by Gasteiger charge is 2.28. The summed E-state index contributed by atoms with van der Waals surface area (Å²) in [5, 5.41) is 6.02. The van der Waals surface area contributed by atoms with Crippen molar-refractivity contribution >= 4 is 36.9 Å². The molecule has 0 aliphatic heterocycles. The molecule has 284 valence electrons. The van der Waals surface area contributed by atoms with Crippen molar-refractivity contribution in [1.29, 1.82) is 0 Å². The smallest absolute Gasteiger partial charge is 0.438 e. The summed E-state index contributed by atoms with van der Waals surface area (Å²) in [6, 6.07) is 31.7. The Hall–Kier alpha value is -4.47. The molecule has 0 fully saturated rings. The second-order valence-corrected chi connectivity index (χ2v) is 15.6. The zero-order valence-corrected chi connectivity index (χ0v) is 32.6. The number of benzene rings is 4. The summed E-state index contributed by atoms with van der Waals surface area (Å²) in [5.41, 5.74) is 5.78. The molecule has 1 unspecified atom stereocenters. The van der Waals surface area contributed by atoms with E-state index in [1.165, 1.54) is 0 Å². The molecule has 0 radical (unpaired) electrons.